The van der Waals surface area contributed by atoms with E-state index in [1.165, 1.54) is 22.7 Å². The van der Waals surface area contributed by atoms with E-state index in [0.29, 0.717) is 5.69 Å². The predicted octanol–water partition coefficient (Wildman–Crippen LogP) is 4.87. The van der Waals surface area contributed by atoms with Crippen molar-refractivity contribution in [2.45, 2.75) is 31.1 Å². The molecule has 0 radical (unpaired) electrons. The minimum Gasteiger partial charge on any atom is -0.325 e. The number of carbonyl (C=O) groups is 2. The van der Waals surface area contributed by atoms with Crippen LogP contribution in [0.15, 0.2) is 42.5 Å². The van der Waals surface area contributed by atoms with E-state index >= 15 is 0 Å². The number of rotatable bonds is 4. The number of para-hydroxylation sites is 1. The molecule has 1 saturated heterocycles. The van der Waals surface area contributed by atoms with Crippen LogP contribution in [0.1, 0.15) is 36.6 Å². The number of thioether (sulfide) groups is 1. The van der Waals surface area contributed by atoms with Gasteiger partial charge >= 0.3 is 0 Å². The predicted molar refractivity (Wildman–Crippen MR) is 106 cm³/mol. The zero-order valence-electron chi connectivity index (χ0n) is 15.2. The Morgan fingerprint density at radius 2 is 1.86 bits per heavy atom. The van der Waals surface area contributed by atoms with Crippen LogP contribution >= 0.6 is 11.8 Å². The first-order valence-corrected chi connectivity index (χ1v) is 10.4. The van der Waals surface area contributed by atoms with E-state index < -0.39 is 17.0 Å². The lowest BCUT2D eigenvalue weighted by atomic mass is 10.1. The third-order valence-electron chi connectivity index (χ3n) is 5.25. The molecule has 7 heteroatoms. The van der Waals surface area contributed by atoms with Crippen LogP contribution in [-0.2, 0) is 9.59 Å². The van der Waals surface area contributed by atoms with Gasteiger partial charge in [-0.2, -0.15) is 0 Å². The molecule has 1 aliphatic heterocycles. The van der Waals surface area contributed by atoms with Gasteiger partial charge in [0.25, 0.3) is 0 Å². The number of nitrogens with zero attached hydrogens (tertiary/aromatic N) is 1. The standard InChI is InChI=1S/C21H20F2N2O2S/c22-14-9-10-18(16(23)11-14)25-19(26)12-28-21(25)15-7-3-4-8-17(15)24-20(27)13-5-1-2-6-13/h3-4,7-11,13,21H,1-2,5-6,12H2,(H,24,27)/t21-/m1/s1. The molecule has 2 aliphatic rings. The van der Waals surface area contributed by atoms with Gasteiger partial charge in [0, 0.05) is 23.2 Å². The monoisotopic (exact) mass is 402 g/mol. The molecule has 1 atom stereocenters. The van der Waals surface area contributed by atoms with Crippen LogP contribution in [0.5, 0.6) is 0 Å². The average Bonchev–Trinajstić information content (AvgIpc) is 3.33. The summed E-state index contributed by atoms with van der Waals surface area (Å²) in [6.45, 7) is 0. The molecule has 2 aromatic carbocycles. The van der Waals surface area contributed by atoms with Crippen molar-refractivity contribution >= 4 is 35.0 Å². The fraction of sp³-hybridized carbons (Fsp3) is 0.333. The summed E-state index contributed by atoms with van der Waals surface area (Å²) in [5.41, 5.74) is 1.39. The molecule has 0 unspecified atom stereocenters. The molecule has 1 saturated carbocycles. The number of anilines is 2. The second-order valence-corrected chi connectivity index (χ2v) is 8.15. The van der Waals surface area contributed by atoms with Crippen LogP contribution in [0.2, 0.25) is 0 Å². The SMILES string of the molecule is O=C(Nc1ccccc1[C@H]1SCC(=O)N1c1ccc(F)cc1F)C1CCCC1. The topological polar surface area (TPSA) is 49.4 Å². The second-order valence-electron chi connectivity index (χ2n) is 7.08. The van der Waals surface area contributed by atoms with E-state index in [0.717, 1.165) is 43.4 Å². The lowest BCUT2D eigenvalue weighted by Gasteiger charge is -2.26. The van der Waals surface area contributed by atoms with Crippen LogP contribution in [0.25, 0.3) is 0 Å². The van der Waals surface area contributed by atoms with Crippen molar-refractivity contribution in [3.63, 3.8) is 0 Å². The maximum Gasteiger partial charge on any atom is 0.238 e. The largest absolute Gasteiger partial charge is 0.325 e. The molecule has 2 aromatic rings. The summed E-state index contributed by atoms with van der Waals surface area (Å²) in [5, 5.41) is 2.50. The van der Waals surface area contributed by atoms with Gasteiger partial charge in [-0.3, -0.25) is 14.5 Å². The summed E-state index contributed by atoms with van der Waals surface area (Å²) in [6, 6.07) is 10.5. The molecule has 4 nitrogen and oxygen atoms in total. The van der Waals surface area contributed by atoms with Gasteiger partial charge in [-0.15, -0.1) is 11.8 Å². The normalized spacial score (nSPS) is 20.0. The molecule has 1 aliphatic carbocycles. The Kier molecular flexibility index (Phi) is 5.35. The van der Waals surface area contributed by atoms with Gasteiger partial charge in [0.1, 0.15) is 17.0 Å². The number of carbonyl (C=O) groups excluding carboxylic acids is 2. The van der Waals surface area contributed by atoms with Gasteiger partial charge in [-0.1, -0.05) is 31.0 Å². The Hall–Kier alpha value is -2.41. The third-order valence-corrected chi connectivity index (χ3v) is 6.44. The molecule has 2 amide bonds. The number of hydrogen-bond acceptors (Lipinski definition) is 3. The lowest BCUT2D eigenvalue weighted by Crippen LogP contribution is -2.29. The minimum atomic E-state index is -0.784. The van der Waals surface area contributed by atoms with E-state index in [1.807, 2.05) is 18.2 Å². The molecule has 4 rings (SSSR count). The Morgan fingerprint density at radius 1 is 1.11 bits per heavy atom. The fourth-order valence-electron chi connectivity index (χ4n) is 3.84. The van der Waals surface area contributed by atoms with Crippen LogP contribution in [0.3, 0.4) is 0 Å². The van der Waals surface area contributed by atoms with Crippen LogP contribution in [0, 0.1) is 17.6 Å². The van der Waals surface area contributed by atoms with Gasteiger partial charge in [0.05, 0.1) is 11.4 Å². The smallest absolute Gasteiger partial charge is 0.238 e. The van der Waals surface area contributed by atoms with Gasteiger partial charge in [0.2, 0.25) is 11.8 Å². The van der Waals surface area contributed by atoms with Gasteiger partial charge in [-0.25, -0.2) is 8.78 Å². The molecule has 28 heavy (non-hydrogen) atoms. The molecule has 146 valence electrons. The Morgan fingerprint density at radius 3 is 2.61 bits per heavy atom. The number of amides is 2. The molecule has 0 aromatic heterocycles. The summed E-state index contributed by atoms with van der Waals surface area (Å²) >= 11 is 1.36. The molecule has 1 N–H and O–H groups in total. The highest BCUT2D eigenvalue weighted by atomic mass is 32.2. The molecular formula is C21H20F2N2O2S. The number of benzene rings is 2. The van der Waals surface area contributed by atoms with E-state index in [4.69, 9.17) is 0 Å². The van der Waals surface area contributed by atoms with Crippen molar-refractivity contribution in [2.24, 2.45) is 5.92 Å². The van der Waals surface area contributed by atoms with Crippen molar-refractivity contribution < 1.29 is 18.4 Å². The summed E-state index contributed by atoms with van der Waals surface area (Å²) in [4.78, 5) is 26.4. The molecule has 0 spiro atoms. The second kappa shape index (κ2) is 7.91. The highest BCUT2D eigenvalue weighted by Gasteiger charge is 2.37. The number of hydrogen-bond donors (Lipinski definition) is 1. The van der Waals surface area contributed by atoms with E-state index in [2.05, 4.69) is 5.32 Å². The number of halogens is 2. The summed E-state index contributed by atoms with van der Waals surface area (Å²) in [6.07, 6.45) is 3.89. The number of nitrogens with one attached hydrogen (secondary N) is 1. The van der Waals surface area contributed by atoms with Crippen LogP contribution < -0.4 is 10.2 Å². The van der Waals surface area contributed by atoms with Crippen LogP contribution in [0.4, 0.5) is 20.2 Å². The van der Waals surface area contributed by atoms with Crippen LogP contribution in [-0.4, -0.2) is 17.6 Å². The molecule has 0 bridgehead atoms. The zero-order valence-corrected chi connectivity index (χ0v) is 16.0. The highest BCUT2D eigenvalue weighted by molar-refractivity contribution is 8.00. The first-order chi connectivity index (χ1) is 13.5. The zero-order chi connectivity index (χ0) is 19.7. The van der Waals surface area contributed by atoms with Crippen molar-refractivity contribution in [3.05, 3.63) is 59.7 Å². The first-order valence-electron chi connectivity index (χ1n) is 9.33. The maximum absolute atomic E-state index is 14.4. The van der Waals surface area contributed by atoms with Crippen molar-refractivity contribution in [1.82, 2.24) is 0 Å². The third kappa shape index (κ3) is 3.63. The summed E-state index contributed by atoms with van der Waals surface area (Å²) in [7, 11) is 0. The quantitative estimate of drug-likeness (QED) is 0.794. The average molecular weight is 402 g/mol. The van der Waals surface area contributed by atoms with Gasteiger partial charge in [-0.05, 0) is 31.0 Å². The minimum absolute atomic E-state index is 0.0107. The maximum atomic E-state index is 14.4. The molecule has 1 heterocycles. The van der Waals surface area contributed by atoms with Gasteiger partial charge < -0.3 is 5.32 Å². The molecule has 2 fully saturated rings. The summed E-state index contributed by atoms with van der Waals surface area (Å²) in [5.74, 6) is -1.55. The summed E-state index contributed by atoms with van der Waals surface area (Å²) < 4.78 is 27.7. The van der Waals surface area contributed by atoms with Crippen molar-refractivity contribution in [3.8, 4) is 0 Å². The lowest BCUT2D eigenvalue weighted by molar-refractivity contribution is -0.119. The Labute approximate surface area is 166 Å². The van der Waals surface area contributed by atoms with Crippen molar-refractivity contribution in [1.29, 1.82) is 0 Å². The first kappa shape index (κ1) is 18.9. The Balaban J connectivity index is 1.66. The van der Waals surface area contributed by atoms with E-state index in [1.54, 1.807) is 6.07 Å². The highest BCUT2D eigenvalue weighted by Crippen LogP contribution is 2.45. The van der Waals surface area contributed by atoms with E-state index in [9.17, 15) is 18.4 Å². The fourth-order valence-corrected chi connectivity index (χ4v) is 5.05. The Bertz CT molecular complexity index is 915. The van der Waals surface area contributed by atoms with Crippen molar-refractivity contribution in [2.75, 3.05) is 16.0 Å². The van der Waals surface area contributed by atoms with Gasteiger partial charge in [0.15, 0.2) is 0 Å². The van der Waals surface area contributed by atoms with E-state index in [-0.39, 0.29) is 29.2 Å². The molecular weight excluding hydrogens is 382 g/mol.